The van der Waals surface area contributed by atoms with Gasteiger partial charge in [-0.1, -0.05) is 26.8 Å². The summed E-state index contributed by atoms with van der Waals surface area (Å²) in [5.74, 6) is 1.62. The maximum Gasteiger partial charge on any atom is 0.127 e. The van der Waals surface area contributed by atoms with Gasteiger partial charge in [-0.3, -0.25) is 0 Å². The van der Waals surface area contributed by atoms with Crippen LogP contribution >= 0.6 is 0 Å². The molecule has 0 amide bonds. The highest BCUT2D eigenvalue weighted by Gasteiger charge is 2.13. The minimum atomic E-state index is -0.0412. The Labute approximate surface area is 110 Å². The highest BCUT2D eigenvalue weighted by Crippen LogP contribution is 2.29. The number of rotatable bonds is 5. The molecule has 1 unspecified atom stereocenters. The second-order valence-corrected chi connectivity index (χ2v) is 5.85. The van der Waals surface area contributed by atoms with Gasteiger partial charge >= 0.3 is 0 Å². The Morgan fingerprint density at radius 3 is 2.44 bits per heavy atom. The van der Waals surface area contributed by atoms with Gasteiger partial charge in [-0.2, -0.15) is 0 Å². The molecule has 0 aliphatic carbocycles. The molecule has 0 aliphatic heterocycles. The summed E-state index contributed by atoms with van der Waals surface area (Å²) in [6.07, 6.45) is 1.00. The van der Waals surface area contributed by atoms with E-state index in [1.807, 2.05) is 25.1 Å². The molecule has 0 heterocycles. The van der Waals surface area contributed by atoms with E-state index in [0.717, 1.165) is 23.5 Å². The van der Waals surface area contributed by atoms with Crippen LogP contribution in [0, 0.1) is 5.41 Å². The van der Waals surface area contributed by atoms with Crippen molar-refractivity contribution in [1.82, 2.24) is 0 Å². The first-order chi connectivity index (χ1) is 8.33. The van der Waals surface area contributed by atoms with Crippen LogP contribution in [-0.2, 0) is 0 Å². The third-order valence-corrected chi connectivity index (χ3v) is 2.82. The van der Waals surface area contributed by atoms with Gasteiger partial charge in [-0.15, -0.1) is 0 Å². The summed E-state index contributed by atoms with van der Waals surface area (Å²) < 4.78 is 11.1. The van der Waals surface area contributed by atoms with E-state index in [0.29, 0.717) is 6.61 Å². The quantitative estimate of drug-likeness (QED) is 0.870. The predicted octanol–water partition coefficient (Wildman–Crippen LogP) is 3.53. The Morgan fingerprint density at radius 2 is 1.94 bits per heavy atom. The third kappa shape index (κ3) is 4.57. The zero-order valence-corrected chi connectivity index (χ0v) is 12.1. The van der Waals surface area contributed by atoms with Crippen molar-refractivity contribution in [2.45, 2.75) is 40.2 Å². The molecule has 1 aromatic carbocycles. The smallest absolute Gasteiger partial charge is 0.127 e. The summed E-state index contributed by atoms with van der Waals surface area (Å²) >= 11 is 0. The summed E-state index contributed by atoms with van der Waals surface area (Å²) in [5, 5.41) is 0. The van der Waals surface area contributed by atoms with Gasteiger partial charge in [0.05, 0.1) is 13.7 Å². The Balaban J connectivity index is 2.78. The summed E-state index contributed by atoms with van der Waals surface area (Å²) in [7, 11) is 1.65. The van der Waals surface area contributed by atoms with Gasteiger partial charge in [-0.05, 0) is 24.8 Å². The van der Waals surface area contributed by atoms with Crippen LogP contribution in [0.5, 0.6) is 11.5 Å². The van der Waals surface area contributed by atoms with E-state index in [4.69, 9.17) is 15.2 Å². The number of benzene rings is 1. The van der Waals surface area contributed by atoms with E-state index in [2.05, 4.69) is 20.8 Å². The zero-order chi connectivity index (χ0) is 13.8. The SMILES string of the molecule is COc1ccc(C(C)N)c(OCCC(C)(C)C)c1. The first kappa shape index (κ1) is 14.8. The van der Waals surface area contributed by atoms with Crippen LogP contribution < -0.4 is 15.2 Å². The maximum absolute atomic E-state index is 5.94. The summed E-state index contributed by atoms with van der Waals surface area (Å²) in [5.41, 5.74) is 7.23. The Hall–Kier alpha value is -1.22. The van der Waals surface area contributed by atoms with Crippen LogP contribution in [0.1, 0.15) is 45.7 Å². The van der Waals surface area contributed by atoms with Crippen LogP contribution in [0.2, 0.25) is 0 Å². The lowest BCUT2D eigenvalue weighted by molar-refractivity contribution is 0.240. The predicted molar refractivity (Wildman–Crippen MR) is 75.2 cm³/mol. The molecule has 3 nitrogen and oxygen atoms in total. The van der Waals surface area contributed by atoms with E-state index in [-0.39, 0.29) is 11.5 Å². The average molecular weight is 251 g/mol. The van der Waals surface area contributed by atoms with Crippen molar-refractivity contribution in [2.75, 3.05) is 13.7 Å². The molecule has 1 atom stereocenters. The van der Waals surface area contributed by atoms with Crippen molar-refractivity contribution in [3.8, 4) is 11.5 Å². The Kier molecular flexibility index (Phi) is 5.03. The van der Waals surface area contributed by atoms with Gasteiger partial charge < -0.3 is 15.2 Å². The lowest BCUT2D eigenvalue weighted by Gasteiger charge is -2.20. The van der Waals surface area contributed by atoms with Crippen molar-refractivity contribution in [3.63, 3.8) is 0 Å². The average Bonchev–Trinajstić information content (AvgIpc) is 2.26. The number of hydrogen-bond acceptors (Lipinski definition) is 3. The Morgan fingerprint density at radius 1 is 1.28 bits per heavy atom. The summed E-state index contributed by atoms with van der Waals surface area (Å²) in [6.45, 7) is 9.26. The van der Waals surface area contributed by atoms with Gasteiger partial charge in [0.2, 0.25) is 0 Å². The standard InChI is InChI=1S/C15H25NO2/c1-11(16)13-7-6-12(17-5)10-14(13)18-9-8-15(2,3)4/h6-7,10-11H,8-9,16H2,1-5H3. The van der Waals surface area contributed by atoms with Crippen LogP contribution in [-0.4, -0.2) is 13.7 Å². The minimum Gasteiger partial charge on any atom is -0.497 e. The van der Waals surface area contributed by atoms with E-state index >= 15 is 0 Å². The lowest BCUT2D eigenvalue weighted by Crippen LogP contribution is -2.13. The van der Waals surface area contributed by atoms with Crippen LogP contribution in [0.4, 0.5) is 0 Å². The molecule has 0 saturated heterocycles. The molecule has 1 rings (SSSR count). The number of methoxy groups -OCH3 is 1. The maximum atomic E-state index is 5.94. The molecule has 2 N–H and O–H groups in total. The fraction of sp³-hybridized carbons (Fsp3) is 0.600. The third-order valence-electron chi connectivity index (χ3n) is 2.82. The monoisotopic (exact) mass is 251 g/mol. The molecule has 0 aromatic heterocycles. The van der Waals surface area contributed by atoms with E-state index in [9.17, 15) is 0 Å². The van der Waals surface area contributed by atoms with Crippen molar-refractivity contribution in [1.29, 1.82) is 0 Å². The van der Waals surface area contributed by atoms with E-state index < -0.39 is 0 Å². The van der Waals surface area contributed by atoms with E-state index in [1.165, 1.54) is 0 Å². The number of nitrogens with two attached hydrogens (primary N) is 1. The number of ether oxygens (including phenoxy) is 2. The van der Waals surface area contributed by atoms with Crippen molar-refractivity contribution in [3.05, 3.63) is 23.8 Å². The largest absolute Gasteiger partial charge is 0.497 e. The second-order valence-electron chi connectivity index (χ2n) is 5.85. The van der Waals surface area contributed by atoms with Crippen LogP contribution in [0.15, 0.2) is 18.2 Å². The molecule has 0 bridgehead atoms. The molecule has 18 heavy (non-hydrogen) atoms. The molecule has 0 fully saturated rings. The second kappa shape index (κ2) is 6.10. The fourth-order valence-electron chi connectivity index (χ4n) is 1.61. The molecule has 102 valence electrons. The first-order valence-electron chi connectivity index (χ1n) is 6.40. The summed E-state index contributed by atoms with van der Waals surface area (Å²) in [4.78, 5) is 0. The molecule has 0 saturated carbocycles. The van der Waals surface area contributed by atoms with E-state index in [1.54, 1.807) is 7.11 Å². The molecule has 1 aromatic rings. The van der Waals surface area contributed by atoms with Gasteiger partial charge in [0.15, 0.2) is 0 Å². The topological polar surface area (TPSA) is 44.5 Å². The Bertz CT molecular complexity index is 381. The highest BCUT2D eigenvalue weighted by molar-refractivity contribution is 5.42. The number of hydrogen-bond donors (Lipinski definition) is 1. The van der Waals surface area contributed by atoms with Crippen LogP contribution in [0.25, 0.3) is 0 Å². The molecule has 0 aliphatic rings. The zero-order valence-electron chi connectivity index (χ0n) is 12.1. The summed E-state index contributed by atoms with van der Waals surface area (Å²) in [6, 6.07) is 5.74. The van der Waals surface area contributed by atoms with Crippen molar-refractivity contribution >= 4 is 0 Å². The molecule has 3 heteroatoms. The fourth-order valence-corrected chi connectivity index (χ4v) is 1.61. The highest BCUT2D eigenvalue weighted by atomic mass is 16.5. The molecule has 0 radical (unpaired) electrons. The molecule has 0 spiro atoms. The van der Waals surface area contributed by atoms with Gasteiger partial charge in [0.25, 0.3) is 0 Å². The van der Waals surface area contributed by atoms with Gasteiger partial charge in [0, 0.05) is 17.7 Å². The van der Waals surface area contributed by atoms with Crippen LogP contribution in [0.3, 0.4) is 0 Å². The van der Waals surface area contributed by atoms with Crippen molar-refractivity contribution < 1.29 is 9.47 Å². The van der Waals surface area contributed by atoms with Gasteiger partial charge in [0.1, 0.15) is 11.5 Å². The van der Waals surface area contributed by atoms with Gasteiger partial charge in [-0.25, -0.2) is 0 Å². The normalized spacial score (nSPS) is 13.2. The van der Waals surface area contributed by atoms with Crippen molar-refractivity contribution in [2.24, 2.45) is 11.1 Å². The molecular formula is C15H25NO2. The molecular weight excluding hydrogens is 226 g/mol. The minimum absolute atomic E-state index is 0.0412. The lowest BCUT2D eigenvalue weighted by atomic mass is 9.93. The first-order valence-corrected chi connectivity index (χ1v) is 6.40.